The van der Waals surface area contributed by atoms with Crippen molar-refractivity contribution in [1.29, 1.82) is 0 Å². The van der Waals surface area contributed by atoms with Gasteiger partial charge in [0.05, 0.1) is 18.1 Å². The quantitative estimate of drug-likeness (QED) is 0.460. The zero-order chi connectivity index (χ0) is 22.9. The molecule has 2 N–H and O–H groups in total. The van der Waals surface area contributed by atoms with E-state index < -0.39 is 5.91 Å². The lowest BCUT2D eigenvalue weighted by Crippen LogP contribution is -2.43. The van der Waals surface area contributed by atoms with E-state index in [-0.39, 0.29) is 23.6 Å². The van der Waals surface area contributed by atoms with Crippen molar-refractivity contribution in [1.82, 2.24) is 20.6 Å². The van der Waals surface area contributed by atoms with Gasteiger partial charge in [0, 0.05) is 22.9 Å². The van der Waals surface area contributed by atoms with Crippen molar-refractivity contribution in [3.05, 3.63) is 75.4 Å². The molecule has 0 spiro atoms. The first-order chi connectivity index (χ1) is 16.0. The van der Waals surface area contributed by atoms with Gasteiger partial charge in [-0.2, -0.15) is 5.10 Å². The number of fused-ring (bicyclic) bond motifs is 3. The number of hydrogen-bond donors (Lipinski definition) is 2. The average Bonchev–Trinajstić information content (AvgIpc) is 3.44. The molecule has 0 bridgehead atoms. The Morgan fingerprint density at radius 3 is 2.61 bits per heavy atom. The zero-order valence-electron chi connectivity index (χ0n) is 18.3. The topological polar surface area (TPSA) is 106 Å². The normalized spacial score (nSPS) is 12.8. The standard InChI is InChI=1S/C25H24N4O4/c1-2-10-29-25(32)19-9-4-3-8-18(19)23(28-29)24(31)27-26-22(30)13-17-14-33-21-12-16-7-5-6-15(16)11-20(17)21/h3-4,8-9,11-12,14H,2,5-7,10,13H2,1H3,(H,26,30)(H,27,31). The summed E-state index contributed by atoms with van der Waals surface area (Å²) in [5.41, 5.74) is 8.90. The first kappa shape index (κ1) is 20.9. The van der Waals surface area contributed by atoms with Crippen LogP contribution in [0.1, 0.15) is 46.9 Å². The smallest absolute Gasteiger partial charge is 0.290 e. The van der Waals surface area contributed by atoms with Gasteiger partial charge in [-0.25, -0.2) is 4.68 Å². The van der Waals surface area contributed by atoms with E-state index in [9.17, 15) is 14.4 Å². The fourth-order valence-electron chi connectivity index (χ4n) is 4.45. The molecule has 2 heterocycles. The Balaban J connectivity index is 1.33. The summed E-state index contributed by atoms with van der Waals surface area (Å²) in [5.74, 6) is -0.961. The number of amides is 2. The Morgan fingerprint density at radius 1 is 1.06 bits per heavy atom. The van der Waals surface area contributed by atoms with E-state index in [1.165, 1.54) is 15.8 Å². The van der Waals surface area contributed by atoms with Crippen LogP contribution in [-0.4, -0.2) is 21.6 Å². The number of carbonyl (C=O) groups is 2. The van der Waals surface area contributed by atoms with Gasteiger partial charge in [-0.15, -0.1) is 0 Å². The van der Waals surface area contributed by atoms with Crippen molar-refractivity contribution in [2.75, 3.05) is 0 Å². The molecule has 8 heteroatoms. The van der Waals surface area contributed by atoms with Crippen molar-refractivity contribution in [3.63, 3.8) is 0 Å². The van der Waals surface area contributed by atoms with Gasteiger partial charge in [-0.3, -0.25) is 25.2 Å². The van der Waals surface area contributed by atoms with Gasteiger partial charge < -0.3 is 4.42 Å². The van der Waals surface area contributed by atoms with Crippen LogP contribution in [0, 0.1) is 0 Å². The number of hydrazine groups is 1. The number of benzene rings is 2. The summed E-state index contributed by atoms with van der Waals surface area (Å²) >= 11 is 0. The van der Waals surface area contributed by atoms with Crippen molar-refractivity contribution >= 4 is 33.6 Å². The number of nitrogens with zero attached hydrogens (tertiary/aromatic N) is 2. The molecule has 0 saturated heterocycles. The fraction of sp³-hybridized carbons (Fsp3) is 0.280. The zero-order valence-corrected chi connectivity index (χ0v) is 18.3. The SMILES string of the molecule is CCCn1nc(C(=O)NNC(=O)Cc2coc3cc4c(cc23)CCC4)c2ccccc2c1=O. The number of carbonyl (C=O) groups excluding carboxylic acids is 2. The Hall–Kier alpha value is -3.94. The van der Waals surface area contributed by atoms with E-state index in [0.29, 0.717) is 23.7 Å². The van der Waals surface area contributed by atoms with Crippen molar-refractivity contribution in [3.8, 4) is 0 Å². The lowest BCUT2D eigenvalue weighted by atomic mass is 10.0. The molecule has 0 fully saturated rings. The molecule has 0 aliphatic heterocycles. The van der Waals surface area contributed by atoms with Crippen molar-refractivity contribution in [2.24, 2.45) is 0 Å². The molecular weight excluding hydrogens is 420 g/mol. The minimum atomic E-state index is -0.584. The fourth-order valence-corrected chi connectivity index (χ4v) is 4.45. The first-order valence-electron chi connectivity index (χ1n) is 11.2. The Morgan fingerprint density at radius 2 is 1.82 bits per heavy atom. The predicted molar refractivity (Wildman–Crippen MR) is 124 cm³/mol. The second kappa shape index (κ2) is 8.54. The molecule has 0 saturated carbocycles. The molecule has 5 rings (SSSR count). The molecule has 0 atom stereocenters. The van der Waals surface area contributed by atoms with E-state index in [1.54, 1.807) is 30.5 Å². The van der Waals surface area contributed by atoms with Gasteiger partial charge in [0.25, 0.3) is 11.5 Å². The molecule has 8 nitrogen and oxygen atoms in total. The molecule has 0 radical (unpaired) electrons. The Bertz CT molecular complexity index is 1450. The highest BCUT2D eigenvalue weighted by atomic mass is 16.3. The van der Waals surface area contributed by atoms with Gasteiger partial charge in [-0.1, -0.05) is 25.1 Å². The summed E-state index contributed by atoms with van der Waals surface area (Å²) in [6.07, 6.45) is 5.59. The van der Waals surface area contributed by atoms with Crippen LogP contribution in [-0.2, 0) is 30.6 Å². The molecule has 33 heavy (non-hydrogen) atoms. The number of nitrogens with one attached hydrogen (secondary N) is 2. The van der Waals surface area contributed by atoms with Crippen LogP contribution in [0.3, 0.4) is 0 Å². The average molecular weight is 444 g/mol. The third-order valence-corrected chi connectivity index (χ3v) is 6.05. The van der Waals surface area contributed by atoms with Crippen LogP contribution in [0.15, 0.2) is 51.9 Å². The van der Waals surface area contributed by atoms with Gasteiger partial charge >= 0.3 is 0 Å². The molecule has 2 amide bonds. The van der Waals surface area contributed by atoms with E-state index in [2.05, 4.69) is 28.1 Å². The maximum absolute atomic E-state index is 12.9. The highest BCUT2D eigenvalue weighted by Crippen LogP contribution is 2.30. The number of rotatable bonds is 5. The van der Waals surface area contributed by atoms with Crippen LogP contribution in [0.4, 0.5) is 0 Å². The molecule has 2 aromatic carbocycles. The summed E-state index contributed by atoms with van der Waals surface area (Å²) in [5, 5.41) is 6.02. The minimum absolute atomic E-state index is 0.0651. The summed E-state index contributed by atoms with van der Waals surface area (Å²) in [6.45, 7) is 2.32. The first-order valence-corrected chi connectivity index (χ1v) is 11.2. The maximum atomic E-state index is 12.9. The second-order valence-electron chi connectivity index (χ2n) is 8.33. The van der Waals surface area contributed by atoms with E-state index >= 15 is 0 Å². The van der Waals surface area contributed by atoms with Gasteiger partial charge in [0.1, 0.15) is 5.58 Å². The van der Waals surface area contributed by atoms with E-state index in [4.69, 9.17) is 4.42 Å². The molecule has 1 aliphatic rings. The number of aryl methyl sites for hydroxylation is 3. The van der Waals surface area contributed by atoms with Crippen LogP contribution in [0.25, 0.3) is 21.7 Å². The van der Waals surface area contributed by atoms with Gasteiger partial charge in [-0.05, 0) is 55.0 Å². The lowest BCUT2D eigenvalue weighted by molar-refractivity contribution is -0.121. The van der Waals surface area contributed by atoms with E-state index in [1.807, 2.05) is 6.92 Å². The van der Waals surface area contributed by atoms with Crippen LogP contribution < -0.4 is 16.4 Å². The van der Waals surface area contributed by atoms with Gasteiger partial charge in [0.2, 0.25) is 5.91 Å². The van der Waals surface area contributed by atoms with Crippen molar-refractivity contribution < 1.29 is 14.0 Å². The van der Waals surface area contributed by atoms with Crippen molar-refractivity contribution in [2.45, 2.75) is 45.6 Å². The number of furan rings is 1. The van der Waals surface area contributed by atoms with E-state index in [0.717, 1.165) is 35.8 Å². The molecule has 2 aromatic heterocycles. The summed E-state index contributed by atoms with van der Waals surface area (Å²) in [6, 6.07) is 11.0. The largest absolute Gasteiger partial charge is 0.464 e. The minimum Gasteiger partial charge on any atom is -0.464 e. The Labute approximate surface area is 189 Å². The second-order valence-corrected chi connectivity index (χ2v) is 8.33. The predicted octanol–water partition coefficient (Wildman–Crippen LogP) is 3.05. The summed E-state index contributed by atoms with van der Waals surface area (Å²) in [7, 11) is 0. The third-order valence-electron chi connectivity index (χ3n) is 6.05. The molecule has 168 valence electrons. The maximum Gasteiger partial charge on any atom is 0.290 e. The van der Waals surface area contributed by atoms with Crippen LogP contribution >= 0.6 is 0 Å². The highest BCUT2D eigenvalue weighted by Gasteiger charge is 2.19. The third kappa shape index (κ3) is 3.88. The molecule has 0 unspecified atom stereocenters. The number of aromatic nitrogens is 2. The van der Waals surface area contributed by atoms with Crippen LogP contribution in [0.2, 0.25) is 0 Å². The molecule has 4 aromatic rings. The summed E-state index contributed by atoms with van der Waals surface area (Å²) in [4.78, 5) is 38.0. The van der Waals surface area contributed by atoms with Crippen LogP contribution in [0.5, 0.6) is 0 Å². The summed E-state index contributed by atoms with van der Waals surface area (Å²) < 4.78 is 6.94. The Kier molecular flexibility index (Phi) is 5.42. The monoisotopic (exact) mass is 444 g/mol. The molecule has 1 aliphatic carbocycles. The molecular formula is C25H24N4O4. The van der Waals surface area contributed by atoms with Gasteiger partial charge in [0.15, 0.2) is 5.69 Å². The highest BCUT2D eigenvalue weighted by molar-refractivity contribution is 6.05. The lowest BCUT2D eigenvalue weighted by Gasteiger charge is -2.11. The number of hydrogen-bond acceptors (Lipinski definition) is 5.